The van der Waals surface area contributed by atoms with Crippen LogP contribution in [0, 0.1) is 13.8 Å². The van der Waals surface area contributed by atoms with Crippen LogP contribution < -0.4 is 4.74 Å². The lowest BCUT2D eigenvalue weighted by molar-refractivity contribution is 0.0606. The number of carbonyl (C=O) groups excluding carboxylic acids is 2. The Hall–Kier alpha value is -2.34. The van der Waals surface area contributed by atoms with Crippen molar-refractivity contribution in [3.63, 3.8) is 0 Å². The lowest BCUT2D eigenvalue weighted by Gasteiger charge is -2.17. The number of benzene rings is 1. The molecule has 128 valence electrons. The van der Waals surface area contributed by atoms with E-state index in [4.69, 9.17) is 4.74 Å². The monoisotopic (exact) mass is 347 g/mol. The number of rotatable bonds is 6. The molecule has 1 heterocycles. The van der Waals surface area contributed by atoms with Crippen LogP contribution in [0.4, 0.5) is 0 Å². The average molecular weight is 347 g/mol. The molecule has 0 aliphatic heterocycles. The van der Waals surface area contributed by atoms with E-state index in [1.807, 2.05) is 26.0 Å². The van der Waals surface area contributed by atoms with Crippen LogP contribution in [0.2, 0.25) is 0 Å². The summed E-state index contributed by atoms with van der Waals surface area (Å²) in [5.41, 5.74) is 2.28. The third kappa shape index (κ3) is 4.58. The standard InChI is InChI=1S/C18H21NO4S/c1-12-9-13(2)11-14(10-12)23-8-7-19(3)17(20)15-5-6-16(24-15)18(21)22-4/h5-6,9-11H,7-8H2,1-4H3. The smallest absolute Gasteiger partial charge is 0.348 e. The number of likely N-dealkylation sites (N-methyl/N-ethyl adjacent to an activating group) is 1. The van der Waals surface area contributed by atoms with Gasteiger partial charge in [0.1, 0.15) is 17.2 Å². The van der Waals surface area contributed by atoms with Crippen LogP contribution in [0.5, 0.6) is 5.75 Å². The highest BCUT2D eigenvalue weighted by atomic mass is 32.1. The molecule has 2 rings (SSSR count). The van der Waals surface area contributed by atoms with Crippen LogP contribution in [0.25, 0.3) is 0 Å². The first kappa shape index (κ1) is 18.0. The first-order chi connectivity index (χ1) is 11.4. The van der Waals surface area contributed by atoms with E-state index in [1.54, 1.807) is 24.1 Å². The maximum Gasteiger partial charge on any atom is 0.348 e. The number of ether oxygens (including phenoxy) is 2. The minimum Gasteiger partial charge on any atom is -0.492 e. The largest absolute Gasteiger partial charge is 0.492 e. The second-order valence-electron chi connectivity index (χ2n) is 5.55. The normalized spacial score (nSPS) is 10.3. The first-order valence-corrected chi connectivity index (χ1v) is 8.37. The minimum atomic E-state index is -0.431. The van der Waals surface area contributed by atoms with Gasteiger partial charge in [0.05, 0.1) is 18.5 Å². The summed E-state index contributed by atoms with van der Waals surface area (Å²) in [6, 6.07) is 9.26. The van der Waals surface area contributed by atoms with Crippen LogP contribution in [0.3, 0.4) is 0 Å². The van der Waals surface area contributed by atoms with E-state index in [0.717, 1.165) is 28.2 Å². The number of hydrogen-bond acceptors (Lipinski definition) is 5. The van der Waals surface area contributed by atoms with Crippen molar-refractivity contribution in [1.29, 1.82) is 0 Å². The Balaban J connectivity index is 1.89. The lowest BCUT2D eigenvalue weighted by Crippen LogP contribution is -2.30. The predicted molar refractivity (Wildman–Crippen MR) is 94.0 cm³/mol. The van der Waals surface area contributed by atoms with E-state index in [2.05, 4.69) is 10.8 Å². The van der Waals surface area contributed by atoms with Crippen molar-refractivity contribution in [2.75, 3.05) is 27.3 Å². The molecule has 24 heavy (non-hydrogen) atoms. The quantitative estimate of drug-likeness (QED) is 0.753. The molecular weight excluding hydrogens is 326 g/mol. The van der Waals surface area contributed by atoms with Crippen LogP contribution >= 0.6 is 11.3 Å². The van der Waals surface area contributed by atoms with Gasteiger partial charge in [-0.05, 0) is 49.2 Å². The number of methoxy groups -OCH3 is 1. The van der Waals surface area contributed by atoms with Gasteiger partial charge in [0, 0.05) is 7.05 Å². The van der Waals surface area contributed by atoms with Crippen LogP contribution in [0.1, 0.15) is 30.5 Å². The molecule has 6 heteroatoms. The second-order valence-corrected chi connectivity index (χ2v) is 6.64. The summed E-state index contributed by atoms with van der Waals surface area (Å²) in [5, 5.41) is 0. The highest BCUT2D eigenvalue weighted by molar-refractivity contribution is 7.15. The third-order valence-corrected chi connectivity index (χ3v) is 4.49. The molecule has 0 saturated carbocycles. The minimum absolute atomic E-state index is 0.140. The fraction of sp³-hybridized carbons (Fsp3) is 0.333. The van der Waals surface area contributed by atoms with Crippen molar-refractivity contribution < 1.29 is 19.1 Å². The van der Waals surface area contributed by atoms with Gasteiger partial charge in [-0.15, -0.1) is 11.3 Å². The van der Waals surface area contributed by atoms with Gasteiger partial charge in [0.25, 0.3) is 5.91 Å². The molecule has 0 spiro atoms. The predicted octanol–water partition coefficient (Wildman–Crippen LogP) is 3.30. The van der Waals surface area contributed by atoms with Crippen LogP contribution in [-0.4, -0.2) is 44.1 Å². The Bertz CT molecular complexity index is 718. The number of nitrogens with zero attached hydrogens (tertiary/aromatic N) is 1. The van der Waals surface area contributed by atoms with Crippen molar-refractivity contribution in [2.45, 2.75) is 13.8 Å². The van der Waals surface area contributed by atoms with E-state index in [-0.39, 0.29) is 5.91 Å². The van der Waals surface area contributed by atoms with Gasteiger partial charge in [-0.25, -0.2) is 4.79 Å². The van der Waals surface area contributed by atoms with Crippen LogP contribution in [0.15, 0.2) is 30.3 Å². The van der Waals surface area contributed by atoms with Gasteiger partial charge in [0.15, 0.2) is 0 Å². The number of carbonyl (C=O) groups is 2. The molecule has 0 unspecified atom stereocenters. The zero-order valence-electron chi connectivity index (χ0n) is 14.3. The number of hydrogen-bond donors (Lipinski definition) is 0. The highest BCUT2D eigenvalue weighted by Gasteiger charge is 2.17. The summed E-state index contributed by atoms with van der Waals surface area (Å²) in [5.74, 6) is 0.233. The number of amides is 1. The molecule has 0 saturated heterocycles. The van der Waals surface area contributed by atoms with E-state index in [9.17, 15) is 9.59 Å². The Morgan fingerprint density at radius 3 is 2.33 bits per heavy atom. The van der Waals surface area contributed by atoms with E-state index in [1.165, 1.54) is 7.11 Å². The summed E-state index contributed by atoms with van der Waals surface area (Å²) in [6.07, 6.45) is 0. The second kappa shape index (κ2) is 7.97. The number of aryl methyl sites for hydroxylation is 2. The molecule has 0 radical (unpaired) electrons. The molecule has 0 atom stereocenters. The molecule has 1 aromatic carbocycles. The molecule has 0 aliphatic carbocycles. The zero-order chi connectivity index (χ0) is 17.7. The Labute approximate surface area is 145 Å². The third-order valence-electron chi connectivity index (χ3n) is 3.44. The Morgan fingerprint density at radius 1 is 1.08 bits per heavy atom. The van der Waals surface area contributed by atoms with E-state index >= 15 is 0 Å². The average Bonchev–Trinajstić information content (AvgIpc) is 3.02. The molecule has 1 amide bonds. The summed E-state index contributed by atoms with van der Waals surface area (Å²) in [4.78, 5) is 26.3. The van der Waals surface area contributed by atoms with Gasteiger partial charge >= 0.3 is 5.97 Å². The van der Waals surface area contributed by atoms with Gasteiger partial charge in [-0.1, -0.05) is 6.07 Å². The SMILES string of the molecule is COC(=O)c1ccc(C(=O)N(C)CCOc2cc(C)cc(C)c2)s1. The van der Waals surface area contributed by atoms with Crippen molar-refractivity contribution in [3.05, 3.63) is 51.2 Å². The lowest BCUT2D eigenvalue weighted by atomic mass is 10.1. The maximum absolute atomic E-state index is 12.3. The van der Waals surface area contributed by atoms with Crippen molar-refractivity contribution in [3.8, 4) is 5.75 Å². The molecule has 2 aromatic rings. The Kier molecular flexibility index (Phi) is 5.98. The molecule has 0 bridgehead atoms. The number of esters is 1. The number of thiophene rings is 1. The summed E-state index contributed by atoms with van der Waals surface area (Å²) >= 11 is 1.13. The molecule has 0 N–H and O–H groups in total. The van der Waals surface area contributed by atoms with Gasteiger partial charge in [0.2, 0.25) is 0 Å². The zero-order valence-corrected chi connectivity index (χ0v) is 15.1. The van der Waals surface area contributed by atoms with E-state index in [0.29, 0.717) is 22.9 Å². The van der Waals surface area contributed by atoms with Crippen LogP contribution in [-0.2, 0) is 4.74 Å². The fourth-order valence-corrected chi connectivity index (χ4v) is 3.19. The van der Waals surface area contributed by atoms with Gasteiger partial charge in [-0.2, -0.15) is 0 Å². The van der Waals surface area contributed by atoms with Crippen molar-refractivity contribution in [2.24, 2.45) is 0 Å². The summed E-state index contributed by atoms with van der Waals surface area (Å²) in [7, 11) is 3.03. The first-order valence-electron chi connectivity index (χ1n) is 7.55. The van der Waals surface area contributed by atoms with Crippen molar-refractivity contribution in [1.82, 2.24) is 4.90 Å². The van der Waals surface area contributed by atoms with Gasteiger partial charge < -0.3 is 14.4 Å². The molecule has 1 aromatic heterocycles. The highest BCUT2D eigenvalue weighted by Crippen LogP contribution is 2.19. The molecule has 5 nitrogen and oxygen atoms in total. The fourth-order valence-electron chi connectivity index (χ4n) is 2.27. The summed E-state index contributed by atoms with van der Waals surface area (Å²) < 4.78 is 10.4. The van der Waals surface area contributed by atoms with Gasteiger partial charge in [-0.3, -0.25) is 4.79 Å². The topological polar surface area (TPSA) is 55.8 Å². The maximum atomic E-state index is 12.3. The molecule has 0 fully saturated rings. The molecule has 0 aliphatic rings. The van der Waals surface area contributed by atoms with E-state index < -0.39 is 5.97 Å². The Morgan fingerprint density at radius 2 is 1.71 bits per heavy atom. The summed E-state index contributed by atoms with van der Waals surface area (Å²) in [6.45, 7) is 4.90. The van der Waals surface area contributed by atoms with Crippen molar-refractivity contribution >= 4 is 23.2 Å². The molecular formula is C18H21NO4S.